The van der Waals surface area contributed by atoms with E-state index in [9.17, 15) is 0 Å². The van der Waals surface area contributed by atoms with Gasteiger partial charge in [0.25, 0.3) is 0 Å². The van der Waals surface area contributed by atoms with E-state index in [1.807, 2.05) is 0 Å². The molecule has 0 aromatic heterocycles. The van der Waals surface area contributed by atoms with E-state index in [1.165, 1.54) is 51.6 Å². The molecule has 1 saturated heterocycles. The number of likely N-dealkylation sites (tertiary alicyclic amines) is 1. The summed E-state index contributed by atoms with van der Waals surface area (Å²) in [6.45, 7) is 15.4. The van der Waals surface area contributed by atoms with Gasteiger partial charge in [0.05, 0.1) is 0 Å². The lowest BCUT2D eigenvalue weighted by atomic mass is 9.77. The molecule has 2 unspecified atom stereocenters. The summed E-state index contributed by atoms with van der Waals surface area (Å²) in [7, 11) is 0. The molecular formula is C18H36N2. The lowest BCUT2D eigenvalue weighted by Crippen LogP contribution is -2.52. The van der Waals surface area contributed by atoms with Crippen molar-refractivity contribution in [2.75, 3.05) is 19.6 Å². The summed E-state index contributed by atoms with van der Waals surface area (Å²) < 4.78 is 0. The number of piperidine rings is 1. The quantitative estimate of drug-likeness (QED) is 0.835. The van der Waals surface area contributed by atoms with E-state index >= 15 is 0 Å². The molecule has 0 radical (unpaired) electrons. The van der Waals surface area contributed by atoms with Gasteiger partial charge in [-0.3, -0.25) is 4.90 Å². The van der Waals surface area contributed by atoms with Crippen molar-refractivity contribution in [3.63, 3.8) is 0 Å². The predicted molar refractivity (Wildman–Crippen MR) is 88.1 cm³/mol. The van der Waals surface area contributed by atoms with Gasteiger partial charge in [0.15, 0.2) is 0 Å². The van der Waals surface area contributed by atoms with Crippen molar-refractivity contribution in [1.82, 2.24) is 10.2 Å². The highest BCUT2D eigenvalue weighted by molar-refractivity contribution is 4.90. The van der Waals surface area contributed by atoms with E-state index < -0.39 is 0 Å². The molecule has 0 spiro atoms. The van der Waals surface area contributed by atoms with Crippen LogP contribution in [0.3, 0.4) is 0 Å². The minimum atomic E-state index is 0.229. The van der Waals surface area contributed by atoms with Crippen LogP contribution in [0.25, 0.3) is 0 Å². The first-order valence-corrected chi connectivity index (χ1v) is 8.76. The van der Waals surface area contributed by atoms with Crippen molar-refractivity contribution in [2.24, 2.45) is 11.3 Å². The van der Waals surface area contributed by atoms with E-state index in [2.05, 4.69) is 44.8 Å². The maximum absolute atomic E-state index is 3.70. The Labute approximate surface area is 126 Å². The van der Waals surface area contributed by atoms with Crippen LogP contribution < -0.4 is 5.32 Å². The average Bonchev–Trinajstić information content (AvgIpc) is 2.36. The van der Waals surface area contributed by atoms with Crippen LogP contribution in [-0.4, -0.2) is 36.1 Å². The molecule has 1 heterocycles. The molecule has 0 bridgehead atoms. The molecule has 1 aliphatic heterocycles. The molecule has 118 valence electrons. The monoisotopic (exact) mass is 280 g/mol. The standard InChI is InChI=1S/C18H36N2/c1-17(2,3)19-13-18(4,5)14-20-12-8-10-15-9-6-7-11-16(15)20/h15-16,19H,6-14H2,1-5H3. The molecule has 2 aliphatic rings. The molecule has 20 heavy (non-hydrogen) atoms. The Morgan fingerprint density at radius 2 is 1.60 bits per heavy atom. The molecule has 0 amide bonds. The molecule has 2 atom stereocenters. The Hall–Kier alpha value is -0.0800. The number of hydrogen-bond acceptors (Lipinski definition) is 2. The molecule has 1 saturated carbocycles. The van der Waals surface area contributed by atoms with Crippen LogP contribution in [0, 0.1) is 11.3 Å². The molecule has 2 fully saturated rings. The van der Waals surface area contributed by atoms with Crippen LogP contribution in [0.5, 0.6) is 0 Å². The molecule has 1 aliphatic carbocycles. The van der Waals surface area contributed by atoms with Gasteiger partial charge in [-0.05, 0) is 64.3 Å². The summed E-state index contributed by atoms with van der Waals surface area (Å²) in [4.78, 5) is 2.83. The largest absolute Gasteiger partial charge is 0.311 e. The minimum absolute atomic E-state index is 0.229. The number of rotatable bonds is 4. The van der Waals surface area contributed by atoms with E-state index in [4.69, 9.17) is 0 Å². The van der Waals surface area contributed by atoms with Crippen LogP contribution in [0.4, 0.5) is 0 Å². The first-order chi connectivity index (χ1) is 9.27. The van der Waals surface area contributed by atoms with Gasteiger partial charge < -0.3 is 5.32 Å². The third kappa shape index (κ3) is 4.73. The summed E-state index contributed by atoms with van der Waals surface area (Å²) >= 11 is 0. The van der Waals surface area contributed by atoms with Gasteiger partial charge in [-0.1, -0.05) is 26.7 Å². The highest BCUT2D eigenvalue weighted by Crippen LogP contribution is 2.36. The second kappa shape index (κ2) is 6.36. The fourth-order valence-electron chi connectivity index (χ4n) is 4.03. The van der Waals surface area contributed by atoms with E-state index in [1.54, 1.807) is 0 Å². The average molecular weight is 280 g/mol. The van der Waals surface area contributed by atoms with Gasteiger partial charge in [-0.25, -0.2) is 0 Å². The van der Waals surface area contributed by atoms with E-state index in [-0.39, 0.29) is 5.54 Å². The smallest absolute Gasteiger partial charge is 0.0124 e. The topological polar surface area (TPSA) is 15.3 Å². The maximum Gasteiger partial charge on any atom is 0.0124 e. The highest BCUT2D eigenvalue weighted by atomic mass is 15.2. The highest BCUT2D eigenvalue weighted by Gasteiger charge is 2.35. The molecule has 2 rings (SSSR count). The summed E-state index contributed by atoms with van der Waals surface area (Å²) in [6.07, 6.45) is 8.78. The van der Waals surface area contributed by atoms with Crippen molar-refractivity contribution in [2.45, 2.75) is 84.7 Å². The zero-order valence-corrected chi connectivity index (χ0v) is 14.5. The van der Waals surface area contributed by atoms with Gasteiger partial charge in [-0.2, -0.15) is 0 Å². The Kier molecular flexibility index (Phi) is 5.18. The fourth-order valence-corrected chi connectivity index (χ4v) is 4.03. The first kappa shape index (κ1) is 16.3. The van der Waals surface area contributed by atoms with Crippen molar-refractivity contribution < 1.29 is 0 Å². The number of nitrogens with zero attached hydrogens (tertiary/aromatic N) is 1. The van der Waals surface area contributed by atoms with Crippen LogP contribution >= 0.6 is 0 Å². The second-order valence-corrected chi connectivity index (χ2v) is 8.99. The minimum Gasteiger partial charge on any atom is -0.311 e. The molecule has 2 nitrogen and oxygen atoms in total. The Bertz CT molecular complexity index is 301. The van der Waals surface area contributed by atoms with Gasteiger partial charge in [0.2, 0.25) is 0 Å². The molecule has 2 heteroatoms. The summed E-state index contributed by atoms with van der Waals surface area (Å²) in [5.74, 6) is 1.00. The van der Waals surface area contributed by atoms with Crippen LogP contribution in [0.15, 0.2) is 0 Å². The third-order valence-electron chi connectivity index (χ3n) is 5.09. The number of nitrogens with one attached hydrogen (secondary N) is 1. The third-order valence-corrected chi connectivity index (χ3v) is 5.09. The van der Waals surface area contributed by atoms with Crippen molar-refractivity contribution >= 4 is 0 Å². The summed E-state index contributed by atoms with van der Waals surface area (Å²) in [5, 5.41) is 3.70. The first-order valence-electron chi connectivity index (χ1n) is 8.76. The van der Waals surface area contributed by atoms with Crippen LogP contribution in [-0.2, 0) is 0 Å². The molecule has 1 N–H and O–H groups in total. The van der Waals surface area contributed by atoms with Gasteiger partial charge >= 0.3 is 0 Å². The molecule has 0 aromatic rings. The molecule has 0 aromatic carbocycles. The lowest BCUT2D eigenvalue weighted by molar-refractivity contribution is 0.0307. The zero-order chi connectivity index (χ0) is 14.8. The predicted octanol–water partition coefficient (Wildman–Crippen LogP) is 4.06. The lowest BCUT2D eigenvalue weighted by Gasteiger charge is -2.47. The second-order valence-electron chi connectivity index (χ2n) is 8.99. The van der Waals surface area contributed by atoms with Crippen molar-refractivity contribution in [3.8, 4) is 0 Å². The Morgan fingerprint density at radius 1 is 0.950 bits per heavy atom. The number of fused-ring (bicyclic) bond motifs is 1. The summed E-state index contributed by atoms with van der Waals surface area (Å²) in [6, 6.07) is 0.895. The zero-order valence-electron chi connectivity index (χ0n) is 14.5. The van der Waals surface area contributed by atoms with Crippen molar-refractivity contribution in [3.05, 3.63) is 0 Å². The summed E-state index contributed by atoms with van der Waals surface area (Å²) in [5.41, 5.74) is 0.596. The molecular weight excluding hydrogens is 244 g/mol. The Balaban J connectivity index is 1.89. The SMILES string of the molecule is CC(C)(CNC(C)(C)C)CN1CCCC2CCCCC21. The van der Waals surface area contributed by atoms with Crippen LogP contribution in [0.2, 0.25) is 0 Å². The van der Waals surface area contributed by atoms with Crippen molar-refractivity contribution in [1.29, 1.82) is 0 Å². The van der Waals surface area contributed by atoms with Gasteiger partial charge in [0.1, 0.15) is 0 Å². The van der Waals surface area contributed by atoms with Gasteiger partial charge in [0, 0.05) is 24.7 Å². The maximum atomic E-state index is 3.70. The Morgan fingerprint density at radius 3 is 2.30 bits per heavy atom. The number of hydrogen-bond donors (Lipinski definition) is 1. The van der Waals surface area contributed by atoms with E-state index in [0.29, 0.717) is 5.41 Å². The van der Waals surface area contributed by atoms with E-state index in [0.717, 1.165) is 18.5 Å². The van der Waals surface area contributed by atoms with Crippen LogP contribution in [0.1, 0.15) is 73.1 Å². The van der Waals surface area contributed by atoms with Gasteiger partial charge in [-0.15, -0.1) is 0 Å². The normalized spacial score (nSPS) is 29.2. The fraction of sp³-hybridized carbons (Fsp3) is 1.00.